The highest BCUT2D eigenvalue weighted by Gasteiger charge is 2.26. The van der Waals surface area contributed by atoms with E-state index >= 15 is 0 Å². The third-order valence-corrected chi connectivity index (χ3v) is 4.26. The fourth-order valence-corrected chi connectivity index (χ4v) is 3.18. The molecule has 0 aliphatic heterocycles. The quantitative estimate of drug-likeness (QED) is 0.841. The van der Waals surface area contributed by atoms with Gasteiger partial charge in [0, 0.05) is 12.5 Å². The molecule has 3 nitrogen and oxygen atoms in total. The summed E-state index contributed by atoms with van der Waals surface area (Å²) < 4.78 is 0. The maximum atomic E-state index is 11.8. The molecule has 1 aromatic heterocycles. The lowest BCUT2D eigenvalue weighted by Gasteiger charge is -2.19. The van der Waals surface area contributed by atoms with E-state index in [1.54, 1.807) is 11.3 Å². The van der Waals surface area contributed by atoms with Crippen LogP contribution in [0.4, 0.5) is 0 Å². The summed E-state index contributed by atoms with van der Waals surface area (Å²) in [5.74, 6) is 0.654. The van der Waals surface area contributed by atoms with Crippen LogP contribution in [0.15, 0.2) is 16.8 Å². The molecule has 4 heteroatoms. The Morgan fingerprint density at radius 1 is 1.53 bits per heavy atom. The third-order valence-electron chi connectivity index (χ3n) is 3.53. The zero-order chi connectivity index (χ0) is 12.1. The molecule has 0 aromatic carbocycles. The molecule has 1 aliphatic rings. The number of hydrogen-bond donors (Lipinski definition) is 2. The van der Waals surface area contributed by atoms with Crippen LogP contribution in [0.5, 0.6) is 0 Å². The van der Waals surface area contributed by atoms with Crippen LogP contribution in [-0.4, -0.2) is 18.5 Å². The average Bonchev–Trinajstić information content (AvgIpc) is 2.97. The fraction of sp³-hybridized carbons (Fsp3) is 0.615. The van der Waals surface area contributed by atoms with Gasteiger partial charge in [-0.05, 0) is 54.1 Å². The van der Waals surface area contributed by atoms with Crippen molar-refractivity contribution >= 4 is 17.2 Å². The Bertz CT molecular complexity index is 350. The van der Waals surface area contributed by atoms with Crippen LogP contribution in [0.3, 0.4) is 0 Å². The number of carbonyl (C=O) groups excluding carboxylic acids is 1. The molecule has 1 aromatic rings. The molecule has 2 atom stereocenters. The minimum atomic E-state index is 0.168. The molecule has 94 valence electrons. The summed E-state index contributed by atoms with van der Waals surface area (Å²) in [5.41, 5.74) is 6.96. The van der Waals surface area contributed by atoms with Crippen LogP contribution >= 0.6 is 11.3 Å². The number of nitrogens with two attached hydrogens (primary N) is 1. The molecule has 1 saturated carbocycles. The molecule has 2 unspecified atom stereocenters. The smallest absolute Gasteiger partial charge is 0.220 e. The molecule has 0 saturated heterocycles. The highest BCUT2D eigenvalue weighted by atomic mass is 32.1. The molecule has 0 bridgehead atoms. The van der Waals surface area contributed by atoms with Crippen LogP contribution in [-0.2, 0) is 11.2 Å². The van der Waals surface area contributed by atoms with Gasteiger partial charge < -0.3 is 11.1 Å². The first kappa shape index (κ1) is 12.6. The second kappa shape index (κ2) is 6.17. The van der Waals surface area contributed by atoms with Gasteiger partial charge in [-0.15, -0.1) is 0 Å². The van der Waals surface area contributed by atoms with Crippen LogP contribution in [0.2, 0.25) is 0 Å². The van der Waals surface area contributed by atoms with Gasteiger partial charge in [-0.2, -0.15) is 11.3 Å². The van der Waals surface area contributed by atoms with Gasteiger partial charge in [0.1, 0.15) is 0 Å². The number of thiophene rings is 1. The van der Waals surface area contributed by atoms with Gasteiger partial charge in [-0.25, -0.2) is 0 Å². The Kier molecular flexibility index (Phi) is 4.57. The van der Waals surface area contributed by atoms with E-state index in [0.29, 0.717) is 24.9 Å². The van der Waals surface area contributed by atoms with Crippen molar-refractivity contribution in [2.75, 3.05) is 6.54 Å². The van der Waals surface area contributed by atoms with Gasteiger partial charge in [0.15, 0.2) is 0 Å². The van der Waals surface area contributed by atoms with Crippen molar-refractivity contribution < 1.29 is 4.79 Å². The fourth-order valence-electron chi connectivity index (χ4n) is 2.48. The third kappa shape index (κ3) is 3.54. The van der Waals surface area contributed by atoms with E-state index in [9.17, 15) is 4.79 Å². The van der Waals surface area contributed by atoms with Crippen LogP contribution < -0.4 is 11.1 Å². The minimum absolute atomic E-state index is 0.168. The SMILES string of the molecule is NCC1CCCC1NC(=O)CCc1ccsc1. The Labute approximate surface area is 106 Å². The predicted molar refractivity (Wildman–Crippen MR) is 71.0 cm³/mol. The molecule has 1 heterocycles. The van der Waals surface area contributed by atoms with Crippen LogP contribution in [0.1, 0.15) is 31.2 Å². The maximum absolute atomic E-state index is 11.8. The van der Waals surface area contributed by atoms with Crippen LogP contribution in [0, 0.1) is 5.92 Å². The molecular formula is C13H20N2OS. The highest BCUT2D eigenvalue weighted by molar-refractivity contribution is 7.07. The molecule has 1 aliphatic carbocycles. The topological polar surface area (TPSA) is 55.1 Å². The molecule has 2 rings (SSSR count). The van der Waals surface area contributed by atoms with Crippen molar-refractivity contribution in [2.24, 2.45) is 11.7 Å². The Morgan fingerprint density at radius 3 is 3.12 bits per heavy atom. The van der Waals surface area contributed by atoms with Crippen LogP contribution in [0.25, 0.3) is 0 Å². The summed E-state index contributed by atoms with van der Waals surface area (Å²) in [4.78, 5) is 11.8. The average molecular weight is 252 g/mol. The van der Waals surface area contributed by atoms with Gasteiger partial charge >= 0.3 is 0 Å². The van der Waals surface area contributed by atoms with E-state index in [4.69, 9.17) is 5.73 Å². The second-order valence-corrected chi connectivity index (χ2v) is 5.51. The van der Waals surface area contributed by atoms with Gasteiger partial charge in [-0.1, -0.05) is 6.42 Å². The van der Waals surface area contributed by atoms with Crippen molar-refractivity contribution in [2.45, 2.75) is 38.1 Å². The largest absolute Gasteiger partial charge is 0.353 e. The lowest BCUT2D eigenvalue weighted by molar-refractivity contribution is -0.122. The van der Waals surface area contributed by atoms with Crippen molar-refractivity contribution in [3.8, 4) is 0 Å². The Morgan fingerprint density at radius 2 is 2.41 bits per heavy atom. The summed E-state index contributed by atoms with van der Waals surface area (Å²) in [6, 6.07) is 2.39. The molecule has 1 amide bonds. The first-order valence-electron chi connectivity index (χ1n) is 6.30. The number of nitrogens with one attached hydrogen (secondary N) is 1. The molecular weight excluding hydrogens is 232 g/mol. The second-order valence-electron chi connectivity index (χ2n) is 4.73. The Hall–Kier alpha value is -0.870. The van der Waals surface area contributed by atoms with E-state index in [2.05, 4.69) is 22.1 Å². The van der Waals surface area contributed by atoms with E-state index < -0.39 is 0 Å². The number of aryl methyl sites for hydroxylation is 1. The lowest BCUT2D eigenvalue weighted by atomic mass is 10.0. The van der Waals surface area contributed by atoms with Crippen molar-refractivity contribution in [3.63, 3.8) is 0 Å². The number of amides is 1. The number of rotatable bonds is 5. The minimum Gasteiger partial charge on any atom is -0.353 e. The normalized spacial score (nSPS) is 23.8. The highest BCUT2D eigenvalue weighted by Crippen LogP contribution is 2.24. The van der Waals surface area contributed by atoms with Crippen molar-refractivity contribution in [3.05, 3.63) is 22.4 Å². The summed E-state index contributed by atoms with van der Waals surface area (Å²) in [6.07, 6.45) is 4.87. The van der Waals surface area contributed by atoms with Crippen molar-refractivity contribution in [1.29, 1.82) is 0 Å². The summed E-state index contributed by atoms with van der Waals surface area (Å²) in [6.45, 7) is 0.690. The van der Waals surface area contributed by atoms with Crippen molar-refractivity contribution in [1.82, 2.24) is 5.32 Å². The first-order chi connectivity index (χ1) is 8.29. The van der Waals surface area contributed by atoms with E-state index in [1.165, 1.54) is 12.0 Å². The Balaban J connectivity index is 1.73. The zero-order valence-electron chi connectivity index (χ0n) is 10.0. The van der Waals surface area contributed by atoms with E-state index in [1.807, 2.05) is 0 Å². The predicted octanol–water partition coefficient (Wildman–Crippen LogP) is 1.92. The summed E-state index contributed by atoms with van der Waals surface area (Å²) >= 11 is 1.68. The summed E-state index contributed by atoms with van der Waals surface area (Å²) in [7, 11) is 0. The molecule has 0 radical (unpaired) electrons. The maximum Gasteiger partial charge on any atom is 0.220 e. The van der Waals surface area contributed by atoms with Gasteiger partial charge in [0.2, 0.25) is 5.91 Å². The first-order valence-corrected chi connectivity index (χ1v) is 7.24. The van der Waals surface area contributed by atoms with E-state index in [-0.39, 0.29) is 5.91 Å². The van der Waals surface area contributed by atoms with Gasteiger partial charge in [0.05, 0.1) is 0 Å². The van der Waals surface area contributed by atoms with E-state index in [0.717, 1.165) is 19.3 Å². The van der Waals surface area contributed by atoms with Gasteiger partial charge in [-0.3, -0.25) is 4.79 Å². The molecule has 17 heavy (non-hydrogen) atoms. The standard InChI is InChI=1S/C13H20N2OS/c14-8-11-2-1-3-12(11)15-13(16)5-4-10-6-7-17-9-10/h6-7,9,11-12H,1-5,8,14H2,(H,15,16). The summed E-state index contributed by atoms with van der Waals surface area (Å²) in [5, 5.41) is 7.28. The molecule has 0 spiro atoms. The number of hydrogen-bond acceptors (Lipinski definition) is 3. The molecule has 1 fully saturated rings. The monoisotopic (exact) mass is 252 g/mol. The molecule has 3 N–H and O–H groups in total. The van der Waals surface area contributed by atoms with Gasteiger partial charge in [0.25, 0.3) is 0 Å². The lowest BCUT2D eigenvalue weighted by Crippen LogP contribution is -2.39. The zero-order valence-corrected chi connectivity index (χ0v) is 10.8. The number of carbonyl (C=O) groups is 1.